The van der Waals surface area contributed by atoms with E-state index in [9.17, 15) is 27.6 Å². The average Bonchev–Trinajstić information content (AvgIpc) is 2.99. The van der Waals surface area contributed by atoms with E-state index in [-0.39, 0.29) is 21.7 Å². The molecule has 0 unspecified atom stereocenters. The summed E-state index contributed by atoms with van der Waals surface area (Å²) < 4.78 is 27.9. The first-order chi connectivity index (χ1) is 15.4. The Balaban J connectivity index is 1.71. The molecule has 1 heterocycles. The highest BCUT2D eigenvalue weighted by atomic mass is 32.2. The first-order valence-electron chi connectivity index (χ1n) is 10.0. The van der Waals surface area contributed by atoms with Crippen molar-refractivity contribution in [1.82, 2.24) is 4.90 Å². The Morgan fingerprint density at radius 1 is 0.939 bits per heavy atom. The van der Waals surface area contributed by atoms with Crippen molar-refractivity contribution >= 4 is 39.4 Å². The largest absolute Gasteiger partial charge is 0.451 e. The molecule has 174 valence electrons. The van der Waals surface area contributed by atoms with E-state index in [2.05, 4.69) is 5.32 Å². The van der Waals surface area contributed by atoms with E-state index < -0.39 is 51.8 Å². The van der Waals surface area contributed by atoms with Crippen LogP contribution >= 0.6 is 0 Å². The van der Waals surface area contributed by atoms with Crippen molar-refractivity contribution < 1.29 is 32.3 Å². The van der Waals surface area contributed by atoms with Crippen LogP contribution in [0.5, 0.6) is 0 Å². The SMILES string of the molecule is CC(C)[C@@H](C(=O)O[C@@H](C)C(=O)Nc1ccc(S(N)(=O)=O)cc1)N1C(=O)c2ccccc2C1=O. The third-order valence-corrected chi connectivity index (χ3v) is 6.02. The quantitative estimate of drug-likeness (QED) is 0.457. The number of imide groups is 1. The van der Waals surface area contributed by atoms with Crippen LogP contribution in [0.4, 0.5) is 5.69 Å². The van der Waals surface area contributed by atoms with Crippen molar-refractivity contribution in [2.24, 2.45) is 11.1 Å². The number of amides is 3. The van der Waals surface area contributed by atoms with Gasteiger partial charge in [-0.25, -0.2) is 18.4 Å². The first-order valence-corrected chi connectivity index (χ1v) is 11.6. The Morgan fingerprint density at radius 3 is 1.91 bits per heavy atom. The van der Waals surface area contributed by atoms with E-state index in [1.807, 2.05) is 0 Å². The number of sulfonamides is 1. The maximum atomic E-state index is 12.9. The standard InChI is InChI=1S/C22H23N3O7S/c1-12(2)18(25-20(27)16-6-4-5-7-17(16)21(25)28)22(29)32-13(3)19(26)24-14-8-10-15(11-9-14)33(23,30)31/h4-13,18H,1-3H3,(H,24,26)(H2,23,30,31)/t13-,18-/m0/s1. The molecule has 0 radical (unpaired) electrons. The van der Waals surface area contributed by atoms with Crippen molar-refractivity contribution in [3.63, 3.8) is 0 Å². The van der Waals surface area contributed by atoms with Gasteiger partial charge in [0.2, 0.25) is 10.0 Å². The number of rotatable bonds is 7. The third-order valence-electron chi connectivity index (χ3n) is 5.09. The van der Waals surface area contributed by atoms with Gasteiger partial charge in [0, 0.05) is 5.69 Å². The number of hydrogen-bond donors (Lipinski definition) is 2. The fourth-order valence-electron chi connectivity index (χ4n) is 3.41. The van der Waals surface area contributed by atoms with Crippen LogP contribution in [0.15, 0.2) is 53.4 Å². The molecule has 3 N–H and O–H groups in total. The molecule has 0 aliphatic carbocycles. The molecule has 0 aromatic heterocycles. The molecular formula is C22H23N3O7S. The summed E-state index contributed by atoms with van der Waals surface area (Å²) in [5, 5.41) is 7.53. The molecule has 0 saturated heterocycles. The normalized spacial score (nSPS) is 15.2. The van der Waals surface area contributed by atoms with Crippen molar-refractivity contribution in [3.8, 4) is 0 Å². The molecule has 3 amide bonds. The molecule has 33 heavy (non-hydrogen) atoms. The van der Waals surface area contributed by atoms with Gasteiger partial charge in [-0.1, -0.05) is 26.0 Å². The molecule has 2 aromatic rings. The second-order valence-electron chi connectivity index (χ2n) is 7.85. The van der Waals surface area contributed by atoms with Gasteiger partial charge in [-0.3, -0.25) is 19.3 Å². The van der Waals surface area contributed by atoms with Gasteiger partial charge in [0.1, 0.15) is 6.04 Å². The Kier molecular flexibility index (Phi) is 6.65. The van der Waals surface area contributed by atoms with Crippen molar-refractivity contribution in [1.29, 1.82) is 0 Å². The van der Waals surface area contributed by atoms with E-state index in [0.717, 1.165) is 4.90 Å². The number of fused-ring (bicyclic) bond motifs is 1. The number of hydrogen-bond acceptors (Lipinski definition) is 7. The number of primary sulfonamides is 1. The summed E-state index contributed by atoms with van der Waals surface area (Å²) in [6.45, 7) is 4.66. The number of nitrogens with zero attached hydrogens (tertiary/aromatic N) is 1. The van der Waals surface area contributed by atoms with Crippen LogP contribution in [0, 0.1) is 5.92 Å². The van der Waals surface area contributed by atoms with Gasteiger partial charge in [0.25, 0.3) is 17.7 Å². The van der Waals surface area contributed by atoms with Gasteiger partial charge < -0.3 is 10.1 Å². The highest BCUT2D eigenvalue weighted by Gasteiger charge is 2.45. The summed E-state index contributed by atoms with van der Waals surface area (Å²) >= 11 is 0. The molecule has 2 atom stereocenters. The molecule has 11 heteroatoms. The number of esters is 1. The Morgan fingerprint density at radius 2 is 1.45 bits per heavy atom. The van der Waals surface area contributed by atoms with Crippen LogP contribution in [0.2, 0.25) is 0 Å². The van der Waals surface area contributed by atoms with Gasteiger partial charge in [-0.05, 0) is 49.2 Å². The topological polar surface area (TPSA) is 153 Å². The van der Waals surface area contributed by atoms with Crippen LogP contribution in [0.3, 0.4) is 0 Å². The van der Waals surface area contributed by atoms with Crippen LogP contribution < -0.4 is 10.5 Å². The molecule has 1 aliphatic rings. The third kappa shape index (κ3) is 4.94. The zero-order chi connectivity index (χ0) is 24.5. The summed E-state index contributed by atoms with van der Waals surface area (Å²) in [5.74, 6) is -3.25. The Hall–Kier alpha value is -3.57. The Bertz CT molecular complexity index is 1190. The van der Waals surface area contributed by atoms with Gasteiger partial charge in [0.05, 0.1) is 16.0 Å². The first kappa shape index (κ1) is 24.1. The van der Waals surface area contributed by atoms with Crippen molar-refractivity contribution in [3.05, 3.63) is 59.7 Å². The van der Waals surface area contributed by atoms with Crippen LogP contribution in [-0.2, 0) is 24.3 Å². The molecule has 0 saturated carbocycles. The van der Waals surface area contributed by atoms with Crippen LogP contribution in [-0.4, -0.2) is 49.2 Å². The monoisotopic (exact) mass is 473 g/mol. The minimum Gasteiger partial charge on any atom is -0.451 e. The smallest absolute Gasteiger partial charge is 0.330 e. The predicted molar refractivity (Wildman–Crippen MR) is 118 cm³/mol. The number of benzene rings is 2. The number of ether oxygens (including phenoxy) is 1. The fourth-order valence-corrected chi connectivity index (χ4v) is 3.92. The highest BCUT2D eigenvalue weighted by Crippen LogP contribution is 2.28. The van der Waals surface area contributed by atoms with Crippen LogP contribution in [0.1, 0.15) is 41.5 Å². The van der Waals surface area contributed by atoms with Gasteiger partial charge in [-0.15, -0.1) is 0 Å². The maximum absolute atomic E-state index is 12.9. The predicted octanol–water partition coefficient (Wildman–Crippen LogP) is 1.53. The second-order valence-corrected chi connectivity index (χ2v) is 9.41. The van der Waals surface area contributed by atoms with Crippen molar-refractivity contribution in [2.45, 2.75) is 37.8 Å². The second kappa shape index (κ2) is 9.12. The molecular weight excluding hydrogens is 450 g/mol. The molecule has 0 bridgehead atoms. The lowest BCUT2D eigenvalue weighted by Gasteiger charge is -2.28. The van der Waals surface area contributed by atoms with Gasteiger partial charge >= 0.3 is 5.97 Å². The molecule has 0 spiro atoms. The number of carbonyl (C=O) groups excluding carboxylic acids is 4. The number of carbonyl (C=O) groups is 4. The lowest BCUT2D eigenvalue weighted by Crippen LogP contribution is -2.50. The molecule has 3 rings (SSSR count). The molecule has 2 aromatic carbocycles. The van der Waals surface area contributed by atoms with Crippen LogP contribution in [0.25, 0.3) is 0 Å². The van der Waals surface area contributed by atoms with E-state index in [4.69, 9.17) is 9.88 Å². The maximum Gasteiger partial charge on any atom is 0.330 e. The van der Waals surface area contributed by atoms with E-state index in [1.165, 1.54) is 43.3 Å². The molecule has 0 fully saturated rings. The van der Waals surface area contributed by atoms with Crippen molar-refractivity contribution in [2.75, 3.05) is 5.32 Å². The Labute approximate surface area is 190 Å². The lowest BCUT2D eigenvalue weighted by molar-refractivity contribution is -0.158. The number of nitrogens with two attached hydrogens (primary N) is 1. The van der Waals surface area contributed by atoms with E-state index >= 15 is 0 Å². The van der Waals surface area contributed by atoms with E-state index in [1.54, 1.807) is 26.0 Å². The number of nitrogens with one attached hydrogen (secondary N) is 1. The summed E-state index contributed by atoms with van der Waals surface area (Å²) in [7, 11) is -3.88. The average molecular weight is 474 g/mol. The van der Waals surface area contributed by atoms with Gasteiger partial charge in [0.15, 0.2) is 6.10 Å². The molecule has 10 nitrogen and oxygen atoms in total. The summed E-state index contributed by atoms with van der Waals surface area (Å²) in [6.07, 6.45) is -1.26. The minimum atomic E-state index is -3.88. The summed E-state index contributed by atoms with van der Waals surface area (Å²) in [6, 6.07) is 10.2. The summed E-state index contributed by atoms with van der Waals surface area (Å²) in [4.78, 5) is 51.7. The van der Waals surface area contributed by atoms with E-state index in [0.29, 0.717) is 0 Å². The zero-order valence-electron chi connectivity index (χ0n) is 18.1. The lowest BCUT2D eigenvalue weighted by atomic mass is 10.0. The zero-order valence-corrected chi connectivity index (χ0v) is 19.0. The minimum absolute atomic E-state index is 0.124. The summed E-state index contributed by atoms with van der Waals surface area (Å²) in [5.41, 5.74) is 0.667. The highest BCUT2D eigenvalue weighted by molar-refractivity contribution is 7.89. The fraction of sp³-hybridized carbons (Fsp3) is 0.273. The number of anilines is 1. The molecule has 1 aliphatic heterocycles. The van der Waals surface area contributed by atoms with Gasteiger partial charge in [-0.2, -0.15) is 0 Å².